The quantitative estimate of drug-likeness (QED) is 0.656. The first kappa shape index (κ1) is 9.71. The van der Waals surface area contributed by atoms with Crippen molar-refractivity contribution in [1.82, 2.24) is 0 Å². The Hall–Kier alpha value is -0.830. The van der Waals surface area contributed by atoms with Gasteiger partial charge in [0, 0.05) is 0 Å². The summed E-state index contributed by atoms with van der Waals surface area (Å²) in [6.45, 7) is 4.00. The third-order valence-electron chi connectivity index (χ3n) is 2.56. The SMILES string of the molecule is CC1(C)Cc2ccccc2S(=O)(=O)C1. The smallest absolute Gasteiger partial charge is 0.179 e. The van der Waals surface area contributed by atoms with E-state index < -0.39 is 9.84 Å². The molecule has 0 aliphatic carbocycles. The second kappa shape index (κ2) is 2.83. The van der Waals surface area contributed by atoms with Crippen LogP contribution < -0.4 is 0 Å². The molecule has 2 nitrogen and oxygen atoms in total. The number of hydrogen-bond donors (Lipinski definition) is 0. The lowest BCUT2D eigenvalue weighted by molar-refractivity contribution is 0.395. The molecule has 0 aromatic heterocycles. The topological polar surface area (TPSA) is 34.1 Å². The summed E-state index contributed by atoms with van der Waals surface area (Å²) in [5.74, 6) is 0.261. The molecule has 1 aromatic carbocycles. The highest BCUT2D eigenvalue weighted by Gasteiger charge is 2.34. The molecule has 1 aromatic rings. The number of fused-ring (bicyclic) bond motifs is 1. The van der Waals surface area contributed by atoms with Gasteiger partial charge in [-0.2, -0.15) is 0 Å². The van der Waals surface area contributed by atoms with Crippen LogP contribution in [0.2, 0.25) is 0 Å². The van der Waals surface area contributed by atoms with Crippen molar-refractivity contribution in [2.45, 2.75) is 25.2 Å². The fourth-order valence-corrected chi connectivity index (χ4v) is 4.22. The van der Waals surface area contributed by atoms with Gasteiger partial charge < -0.3 is 0 Å². The van der Waals surface area contributed by atoms with Crippen LogP contribution in [0.5, 0.6) is 0 Å². The molecular weight excluding hydrogens is 196 g/mol. The first-order chi connectivity index (χ1) is 6.41. The van der Waals surface area contributed by atoms with Crippen molar-refractivity contribution in [3.8, 4) is 0 Å². The van der Waals surface area contributed by atoms with E-state index in [1.807, 2.05) is 26.0 Å². The largest absolute Gasteiger partial charge is 0.224 e. The third-order valence-corrected chi connectivity index (χ3v) is 4.79. The van der Waals surface area contributed by atoms with E-state index >= 15 is 0 Å². The second-order valence-electron chi connectivity index (χ2n) is 4.71. The van der Waals surface area contributed by atoms with Crippen LogP contribution in [0.3, 0.4) is 0 Å². The summed E-state index contributed by atoms with van der Waals surface area (Å²) in [7, 11) is -3.05. The molecule has 0 spiro atoms. The molecule has 0 bridgehead atoms. The predicted molar refractivity (Wildman–Crippen MR) is 56.0 cm³/mol. The van der Waals surface area contributed by atoms with E-state index in [0.29, 0.717) is 4.90 Å². The zero-order valence-electron chi connectivity index (χ0n) is 8.45. The van der Waals surface area contributed by atoms with Crippen LogP contribution in [-0.2, 0) is 16.3 Å². The van der Waals surface area contributed by atoms with Crippen LogP contribution in [0.25, 0.3) is 0 Å². The summed E-state index contributed by atoms with van der Waals surface area (Å²) in [6, 6.07) is 7.30. The number of hydrogen-bond acceptors (Lipinski definition) is 2. The number of rotatable bonds is 0. The van der Waals surface area contributed by atoms with Gasteiger partial charge in [-0.05, 0) is 23.5 Å². The first-order valence-corrected chi connectivity index (χ1v) is 6.37. The highest BCUT2D eigenvalue weighted by Crippen LogP contribution is 2.34. The van der Waals surface area contributed by atoms with Crippen LogP contribution in [0.15, 0.2) is 29.2 Å². The predicted octanol–water partition coefficient (Wildman–Crippen LogP) is 2.04. The van der Waals surface area contributed by atoms with Crippen LogP contribution >= 0.6 is 0 Å². The Morgan fingerprint density at radius 1 is 1.21 bits per heavy atom. The fraction of sp³-hybridized carbons (Fsp3) is 0.455. The van der Waals surface area contributed by atoms with Crippen molar-refractivity contribution in [3.05, 3.63) is 29.8 Å². The minimum atomic E-state index is -3.05. The average molecular weight is 210 g/mol. The average Bonchev–Trinajstić information content (AvgIpc) is 2.00. The van der Waals surface area contributed by atoms with E-state index in [2.05, 4.69) is 0 Å². The Kier molecular flexibility index (Phi) is 1.96. The molecule has 76 valence electrons. The van der Waals surface area contributed by atoms with Gasteiger partial charge in [-0.25, -0.2) is 8.42 Å². The Morgan fingerprint density at radius 3 is 2.57 bits per heavy atom. The molecule has 3 heteroatoms. The summed E-state index contributed by atoms with van der Waals surface area (Å²) in [4.78, 5) is 0.527. The maximum absolute atomic E-state index is 11.9. The van der Waals surface area contributed by atoms with Gasteiger partial charge in [0.2, 0.25) is 0 Å². The lowest BCUT2D eigenvalue weighted by Gasteiger charge is -2.30. The number of sulfone groups is 1. The van der Waals surface area contributed by atoms with E-state index in [1.54, 1.807) is 12.1 Å². The Morgan fingerprint density at radius 2 is 1.86 bits per heavy atom. The normalized spacial score (nSPS) is 22.7. The van der Waals surface area contributed by atoms with Crippen molar-refractivity contribution in [2.24, 2.45) is 5.41 Å². The maximum Gasteiger partial charge on any atom is 0.179 e. The fourth-order valence-electron chi connectivity index (χ4n) is 2.11. The van der Waals surface area contributed by atoms with Gasteiger partial charge in [-0.3, -0.25) is 0 Å². The summed E-state index contributed by atoms with van der Waals surface area (Å²) in [5.41, 5.74) is 0.830. The summed E-state index contributed by atoms with van der Waals surface area (Å²) in [6.07, 6.45) is 0.850. The van der Waals surface area contributed by atoms with Crippen molar-refractivity contribution >= 4 is 9.84 Å². The molecule has 1 heterocycles. The lowest BCUT2D eigenvalue weighted by atomic mass is 9.87. The molecule has 0 unspecified atom stereocenters. The molecule has 0 N–H and O–H groups in total. The minimum Gasteiger partial charge on any atom is -0.224 e. The van der Waals surface area contributed by atoms with E-state index in [9.17, 15) is 8.42 Å². The van der Waals surface area contributed by atoms with Crippen LogP contribution in [0, 0.1) is 5.41 Å². The molecule has 0 atom stereocenters. The highest BCUT2D eigenvalue weighted by molar-refractivity contribution is 7.91. The van der Waals surface area contributed by atoms with Gasteiger partial charge in [0.05, 0.1) is 10.6 Å². The summed E-state index contributed by atoms with van der Waals surface area (Å²) >= 11 is 0. The molecule has 0 saturated carbocycles. The lowest BCUT2D eigenvalue weighted by Crippen LogP contribution is -2.32. The second-order valence-corrected chi connectivity index (χ2v) is 6.67. The number of benzene rings is 1. The van der Waals surface area contributed by atoms with Gasteiger partial charge in [-0.15, -0.1) is 0 Å². The molecule has 0 amide bonds. The summed E-state index contributed by atoms with van der Waals surface area (Å²) < 4.78 is 23.8. The van der Waals surface area contributed by atoms with E-state index in [-0.39, 0.29) is 11.2 Å². The van der Waals surface area contributed by atoms with Crippen molar-refractivity contribution in [2.75, 3.05) is 5.75 Å². The zero-order valence-corrected chi connectivity index (χ0v) is 9.26. The van der Waals surface area contributed by atoms with Gasteiger partial charge in [0.25, 0.3) is 0 Å². The van der Waals surface area contributed by atoms with Gasteiger partial charge in [-0.1, -0.05) is 32.0 Å². The van der Waals surface area contributed by atoms with E-state index in [1.165, 1.54) is 0 Å². The minimum absolute atomic E-state index is 0.132. The van der Waals surface area contributed by atoms with Crippen LogP contribution in [0.4, 0.5) is 0 Å². The Bertz CT molecular complexity index is 458. The van der Waals surface area contributed by atoms with E-state index in [4.69, 9.17) is 0 Å². The van der Waals surface area contributed by atoms with Crippen molar-refractivity contribution in [1.29, 1.82) is 0 Å². The molecule has 14 heavy (non-hydrogen) atoms. The highest BCUT2D eigenvalue weighted by atomic mass is 32.2. The standard InChI is InChI=1S/C11H14O2S/c1-11(2)7-9-5-3-4-6-10(9)14(12,13)8-11/h3-6H,7-8H2,1-2H3. The van der Waals surface area contributed by atoms with Gasteiger partial charge >= 0.3 is 0 Å². The van der Waals surface area contributed by atoms with Crippen molar-refractivity contribution in [3.63, 3.8) is 0 Å². The molecule has 0 radical (unpaired) electrons. The third kappa shape index (κ3) is 1.57. The summed E-state index contributed by atoms with van der Waals surface area (Å²) in [5, 5.41) is 0. The Balaban J connectivity index is 2.65. The van der Waals surface area contributed by atoms with Crippen LogP contribution in [-0.4, -0.2) is 14.2 Å². The molecule has 1 aliphatic rings. The molecule has 1 aliphatic heterocycles. The van der Waals surface area contributed by atoms with Gasteiger partial charge in [0.15, 0.2) is 9.84 Å². The molecular formula is C11H14O2S. The molecule has 2 rings (SSSR count). The van der Waals surface area contributed by atoms with Crippen molar-refractivity contribution < 1.29 is 8.42 Å². The van der Waals surface area contributed by atoms with Crippen LogP contribution in [0.1, 0.15) is 19.4 Å². The maximum atomic E-state index is 11.9. The molecule has 0 fully saturated rings. The first-order valence-electron chi connectivity index (χ1n) is 4.71. The zero-order chi connectivity index (χ0) is 10.4. The molecule has 0 saturated heterocycles. The van der Waals surface area contributed by atoms with E-state index in [0.717, 1.165) is 12.0 Å². The van der Waals surface area contributed by atoms with Gasteiger partial charge in [0.1, 0.15) is 0 Å². The Labute approximate surface area is 84.9 Å². The monoisotopic (exact) mass is 210 g/mol.